The Bertz CT molecular complexity index is 621. The number of nitrogen functional groups attached to an aromatic ring is 1. The first-order valence-electron chi connectivity index (χ1n) is 5.93. The van der Waals surface area contributed by atoms with Crippen molar-refractivity contribution in [1.29, 1.82) is 0 Å². The third-order valence-corrected chi connectivity index (χ3v) is 3.94. The molecule has 0 saturated carbocycles. The zero-order chi connectivity index (χ0) is 14.0. The smallest absolute Gasteiger partial charge is 0.278 e. The minimum Gasteiger partial charge on any atom is -0.395 e. The fourth-order valence-corrected chi connectivity index (χ4v) is 2.12. The zero-order valence-electron chi connectivity index (χ0n) is 10.7. The van der Waals surface area contributed by atoms with Crippen LogP contribution in [0, 0.1) is 6.92 Å². The van der Waals surface area contributed by atoms with E-state index in [0.29, 0.717) is 17.8 Å². The van der Waals surface area contributed by atoms with Gasteiger partial charge in [0.1, 0.15) is 0 Å². The number of nitrogens with one attached hydrogen (secondary N) is 2. The molecule has 4 N–H and O–H groups in total. The van der Waals surface area contributed by atoms with E-state index >= 15 is 0 Å². The molecule has 0 saturated heterocycles. The first-order chi connectivity index (χ1) is 9.04. The number of nitrogens with two attached hydrogens (primary N) is 1. The molecule has 2 aromatic rings. The number of halogens is 1. The van der Waals surface area contributed by atoms with Crippen LogP contribution in [0.2, 0.25) is 0 Å². The van der Waals surface area contributed by atoms with Crippen molar-refractivity contribution >= 4 is 33.2 Å². The van der Waals surface area contributed by atoms with Gasteiger partial charge in [-0.2, -0.15) is 5.10 Å². The molecule has 1 aromatic carbocycles. The molecule has 0 spiro atoms. The lowest BCUT2D eigenvalue weighted by atomic mass is 10.2. The molecule has 5 nitrogen and oxygen atoms in total. The third kappa shape index (κ3) is 2.63. The number of carbonyl (C=O) groups is 1. The number of rotatable bonds is 3. The summed E-state index contributed by atoms with van der Waals surface area (Å²) in [6.45, 7) is 3.90. The number of anilines is 2. The molecule has 6 heteroatoms. The Morgan fingerprint density at radius 3 is 2.89 bits per heavy atom. The summed E-state index contributed by atoms with van der Waals surface area (Å²) in [6.07, 6.45) is 0.709. The summed E-state index contributed by atoms with van der Waals surface area (Å²) in [4.78, 5) is 12.1. The van der Waals surface area contributed by atoms with Crippen LogP contribution in [0.4, 0.5) is 11.4 Å². The van der Waals surface area contributed by atoms with E-state index in [9.17, 15) is 4.79 Å². The van der Waals surface area contributed by atoms with Gasteiger partial charge >= 0.3 is 0 Å². The molecule has 19 heavy (non-hydrogen) atoms. The van der Waals surface area contributed by atoms with E-state index in [1.165, 1.54) is 0 Å². The SMILES string of the molecule is CCc1[nH]nc(C(=O)Nc2cccc(C)c2Br)c1N. The molecular weight excluding hydrogens is 308 g/mol. The standard InChI is InChI=1S/C13H15BrN4O/c1-3-8-11(15)12(18-17-8)13(19)16-9-6-4-5-7(2)10(9)14/h4-6H,3,15H2,1-2H3,(H,16,19)(H,17,18). The Kier molecular flexibility index (Phi) is 3.90. The van der Waals surface area contributed by atoms with Crippen LogP contribution < -0.4 is 11.1 Å². The van der Waals surface area contributed by atoms with Crippen LogP contribution >= 0.6 is 15.9 Å². The van der Waals surface area contributed by atoms with E-state index in [1.807, 2.05) is 32.0 Å². The van der Waals surface area contributed by atoms with Crippen molar-refractivity contribution in [3.63, 3.8) is 0 Å². The molecule has 1 heterocycles. The number of amides is 1. The van der Waals surface area contributed by atoms with Gasteiger partial charge in [-0.1, -0.05) is 19.1 Å². The number of aromatic nitrogens is 2. The van der Waals surface area contributed by atoms with Crippen molar-refractivity contribution in [2.24, 2.45) is 0 Å². The molecule has 2 rings (SSSR count). The lowest BCUT2D eigenvalue weighted by Gasteiger charge is -2.08. The van der Waals surface area contributed by atoms with Gasteiger partial charge in [-0.05, 0) is 40.9 Å². The largest absolute Gasteiger partial charge is 0.395 e. The second kappa shape index (κ2) is 5.44. The van der Waals surface area contributed by atoms with E-state index in [4.69, 9.17) is 5.73 Å². The van der Waals surface area contributed by atoms with Crippen molar-refractivity contribution < 1.29 is 4.79 Å². The average molecular weight is 323 g/mol. The van der Waals surface area contributed by atoms with Crippen LogP contribution in [0.3, 0.4) is 0 Å². The molecule has 0 bridgehead atoms. The second-order valence-corrected chi connectivity index (χ2v) is 5.00. The quantitative estimate of drug-likeness (QED) is 0.812. The van der Waals surface area contributed by atoms with E-state index in [1.54, 1.807) is 0 Å². The number of aryl methyl sites for hydroxylation is 2. The van der Waals surface area contributed by atoms with Gasteiger partial charge in [0.15, 0.2) is 5.69 Å². The molecule has 1 amide bonds. The maximum atomic E-state index is 12.1. The summed E-state index contributed by atoms with van der Waals surface area (Å²) in [5.41, 5.74) is 9.02. The summed E-state index contributed by atoms with van der Waals surface area (Å²) in [5.74, 6) is -0.320. The number of carbonyl (C=O) groups excluding carboxylic acids is 1. The van der Waals surface area contributed by atoms with Gasteiger partial charge < -0.3 is 11.1 Å². The molecule has 0 aliphatic rings. The third-order valence-electron chi connectivity index (χ3n) is 2.89. The summed E-state index contributed by atoms with van der Waals surface area (Å²) < 4.78 is 0.855. The van der Waals surface area contributed by atoms with E-state index in [2.05, 4.69) is 31.4 Å². The van der Waals surface area contributed by atoms with Crippen LogP contribution in [0.15, 0.2) is 22.7 Å². The number of hydrogen-bond donors (Lipinski definition) is 3. The van der Waals surface area contributed by atoms with Gasteiger partial charge in [-0.25, -0.2) is 0 Å². The van der Waals surface area contributed by atoms with Crippen LogP contribution in [-0.4, -0.2) is 16.1 Å². The fraction of sp³-hybridized carbons (Fsp3) is 0.231. The van der Waals surface area contributed by atoms with Gasteiger partial charge in [-0.15, -0.1) is 0 Å². The Labute approximate surface area is 119 Å². The predicted octanol–water partition coefficient (Wildman–Crippen LogP) is 2.88. The van der Waals surface area contributed by atoms with Gasteiger partial charge in [0.25, 0.3) is 5.91 Å². The van der Waals surface area contributed by atoms with Crippen molar-refractivity contribution in [3.8, 4) is 0 Å². The fourth-order valence-electron chi connectivity index (χ4n) is 1.75. The van der Waals surface area contributed by atoms with Gasteiger partial charge in [-0.3, -0.25) is 9.89 Å². The van der Waals surface area contributed by atoms with Crippen molar-refractivity contribution in [2.45, 2.75) is 20.3 Å². The van der Waals surface area contributed by atoms with E-state index in [0.717, 1.165) is 15.7 Å². The summed E-state index contributed by atoms with van der Waals surface area (Å²) >= 11 is 3.44. The van der Waals surface area contributed by atoms with Gasteiger partial charge in [0.2, 0.25) is 0 Å². The molecule has 100 valence electrons. The molecule has 1 aromatic heterocycles. The molecule has 0 unspecified atom stereocenters. The summed E-state index contributed by atoms with van der Waals surface area (Å²) in [6, 6.07) is 5.65. The molecule has 0 aliphatic carbocycles. The van der Waals surface area contributed by atoms with Gasteiger partial charge in [0, 0.05) is 4.47 Å². The van der Waals surface area contributed by atoms with E-state index in [-0.39, 0.29) is 11.6 Å². The Morgan fingerprint density at radius 2 is 2.26 bits per heavy atom. The molecular formula is C13H15BrN4O. The Morgan fingerprint density at radius 1 is 1.53 bits per heavy atom. The lowest BCUT2D eigenvalue weighted by molar-refractivity contribution is 0.102. The summed E-state index contributed by atoms with van der Waals surface area (Å²) in [7, 11) is 0. The zero-order valence-corrected chi connectivity index (χ0v) is 12.3. The number of hydrogen-bond acceptors (Lipinski definition) is 3. The highest BCUT2D eigenvalue weighted by molar-refractivity contribution is 9.10. The van der Waals surface area contributed by atoms with Crippen LogP contribution in [0.5, 0.6) is 0 Å². The van der Waals surface area contributed by atoms with Crippen LogP contribution in [0.25, 0.3) is 0 Å². The Balaban J connectivity index is 2.26. The number of benzene rings is 1. The average Bonchev–Trinajstić information content (AvgIpc) is 2.76. The van der Waals surface area contributed by atoms with Crippen molar-refractivity contribution in [1.82, 2.24) is 10.2 Å². The predicted molar refractivity (Wildman–Crippen MR) is 79.2 cm³/mol. The minimum atomic E-state index is -0.320. The van der Waals surface area contributed by atoms with E-state index < -0.39 is 0 Å². The topological polar surface area (TPSA) is 83.8 Å². The molecule has 0 atom stereocenters. The van der Waals surface area contributed by atoms with Crippen molar-refractivity contribution in [3.05, 3.63) is 39.6 Å². The highest BCUT2D eigenvalue weighted by Gasteiger charge is 2.17. The monoisotopic (exact) mass is 322 g/mol. The molecule has 0 radical (unpaired) electrons. The normalized spacial score (nSPS) is 10.5. The molecule has 0 fully saturated rings. The minimum absolute atomic E-state index is 0.227. The highest BCUT2D eigenvalue weighted by Crippen LogP contribution is 2.26. The highest BCUT2D eigenvalue weighted by atomic mass is 79.9. The van der Waals surface area contributed by atoms with Crippen LogP contribution in [-0.2, 0) is 6.42 Å². The number of nitrogens with zero attached hydrogens (tertiary/aromatic N) is 1. The first-order valence-corrected chi connectivity index (χ1v) is 6.73. The summed E-state index contributed by atoms with van der Waals surface area (Å²) in [5, 5.41) is 9.52. The molecule has 0 aliphatic heterocycles. The maximum Gasteiger partial charge on any atom is 0.278 e. The van der Waals surface area contributed by atoms with Gasteiger partial charge in [0.05, 0.1) is 17.1 Å². The lowest BCUT2D eigenvalue weighted by Crippen LogP contribution is -2.14. The Hall–Kier alpha value is -1.82. The van der Waals surface area contributed by atoms with Crippen LogP contribution in [0.1, 0.15) is 28.7 Å². The number of H-pyrrole nitrogens is 1. The first kappa shape index (κ1) is 13.6. The van der Waals surface area contributed by atoms with Crippen molar-refractivity contribution in [2.75, 3.05) is 11.1 Å². The number of aromatic amines is 1. The second-order valence-electron chi connectivity index (χ2n) is 4.21. The maximum absolute atomic E-state index is 12.1.